The van der Waals surface area contributed by atoms with E-state index in [9.17, 15) is 14.4 Å². The standard InChI is InChI=1S/C10H15N3O3/c1-2-4-7(10(12)16)13-9(15)6-3-5-8(11)14/h1,7H,3-6H2,(H2,11,14)(H2,12,16)(H,13,15). The number of rotatable bonds is 7. The SMILES string of the molecule is C#CCC(NC(=O)CCCC(N)=O)C(N)=O. The zero-order valence-corrected chi connectivity index (χ0v) is 8.86. The summed E-state index contributed by atoms with van der Waals surface area (Å²) in [7, 11) is 0. The topological polar surface area (TPSA) is 115 Å². The Balaban J connectivity index is 3.96. The molecule has 0 fully saturated rings. The average Bonchev–Trinajstić information content (AvgIpc) is 2.16. The van der Waals surface area contributed by atoms with Crippen molar-refractivity contribution in [2.24, 2.45) is 11.5 Å². The monoisotopic (exact) mass is 225 g/mol. The van der Waals surface area contributed by atoms with E-state index in [2.05, 4.69) is 11.2 Å². The number of hydrogen-bond donors (Lipinski definition) is 3. The van der Waals surface area contributed by atoms with E-state index in [4.69, 9.17) is 17.9 Å². The van der Waals surface area contributed by atoms with Crippen molar-refractivity contribution in [3.8, 4) is 12.3 Å². The molecule has 0 bridgehead atoms. The van der Waals surface area contributed by atoms with Crippen LogP contribution in [0.5, 0.6) is 0 Å². The molecule has 0 heterocycles. The zero-order valence-electron chi connectivity index (χ0n) is 8.86. The molecular weight excluding hydrogens is 210 g/mol. The number of hydrogen-bond acceptors (Lipinski definition) is 3. The van der Waals surface area contributed by atoms with Gasteiger partial charge in [0.2, 0.25) is 17.7 Å². The summed E-state index contributed by atoms with van der Waals surface area (Å²) in [5.74, 6) is 0.715. The number of carbonyl (C=O) groups excluding carboxylic acids is 3. The molecule has 6 heteroatoms. The highest BCUT2D eigenvalue weighted by Gasteiger charge is 2.16. The minimum atomic E-state index is -0.855. The van der Waals surface area contributed by atoms with Crippen LogP contribution in [0.4, 0.5) is 0 Å². The van der Waals surface area contributed by atoms with Gasteiger partial charge in [0.05, 0.1) is 0 Å². The van der Waals surface area contributed by atoms with Crippen molar-refractivity contribution in [1.82, 2.24) is 5.32 Å². The van der Waals surface area contributed by atoms with Crippen molar-refractivity contribution in [3.05, 3.63) is 0 Å². The number of nitrogens with one attached hydrogen (secondary N) is 1. The predicted molar refractivity (Wildman–Crippen MR) is 57.6 cm³/mol. The van der Waals surface area contributed by atoms with Crippen LogP contribution >= 0.6 is 0 Å². The first-order valence-electron chi connectivity index (χ1n) is 4.77. The summed E-state index contributed by atoms with van der Waals surface area (Å²) in [5, 5.41) is 2.38. The summed E-state index contributed by atoms with van der Waals surface area (Å²) in [6.07, 6.45) is 5.64. The number of nitrogens with two attached hydrogens (primary N) is 2. The van der Waals surface area contributed by atoms with Crippen LogP contribution in [0.3, 0.4) is 0 Å². The van der Waals surface area contributed by atoms with Crippen LogP contribution in [-0.4, -0.2) is 23.8 Å². The fourth-order valence-corrected chi connectivity index (χ4v) is 1.03. The molecule has 0 saturated heterocycles. The van der Waals surface area contributed by atoms with Gasteiger partial charge in [0.25, 0.3) is 0 Å². The molecule has 88 valence electrons. The first-order valence-corrected chi connectivity index (χ1v) is 4.77. The fourth-order valence-electron chi connectivity index (χ4n) is 1.03. The van der Waals surface area contributed by atoms with Crippen LogP contribution in [0.2, 0.25) is 0 Å². The van der Waals surface area contributed by atoms with Gasteiger partial charge in [-0.15, -0.1) is 12.3 Å². The summed E-state index contributed by atoms with van der Waals surface area (Å²) in [4.78, 5) is 32.5. The Hall–Kier alpha value is -2.03. The summed E-state index contributed by atoms with van der Waals surface area (Å²) >= 11 is 0. The molecule has 6 nitrogen and oxygen atoms in total. The van der Waals surface area contributed by atoms with Gasteiger partial charge in [-0.25, -0.2) is 0 Å². The van der Waals surface area contributed by atoms with Gasteiger partial charge in [0.1, 0.15) is 6.04 Å². The molecule has 0 aliphatic carbocycles. The van der Waals surface area contributed by atoms with Gasteiger partial charge in [-0.3, -0.25) is 14.4 Å². The Morgan fingerprint density at radius 3 is 2.31 bits per heavy atom. The third-order valence-corrected chi connectivity index (χ3v) is 1.83. The average molecular weight is 225 g/mol. The number of primary amides is 2. The molecule has 1 unspecified atom stereocenters. The van der Waals surface area contributed by atoms with Crippen molar-refractivity contribution in [1.29, 1.82) is 0 Å². The normalized spacial score (nSPS) is 11.2. The van der Waals surface area contributed by atoms with Crippen LogP contribution in [0.25, 0.3) is 0 Å². The van der Waals surface area contributed by atoms with Crippen LogP contribution in [-0.2, 0) is 14.4 Å². The quantitative estimate of drug-likeness (QED) is 0.464. The second-order valence-electron chi connectivity index (χ2n) is 3.25. The van der Waals surface area contributed by atoms with Crippen LogP contribution in [0.15, 0.2) is 0 Å². The summed E-state index contributed by atoms with van der Waals surface area (Å²) < 4.78 is 0. The Kier molecular flexibility index (Phi) is 6.36. The van der Waals surface area contributed by atoms with Crippen LogP contribution < -0.4 is 16.8 Å². The van der Waals surface area contributed by atoms with E-state index in [-0.39, 0.29) is 25.2 Å². The van der Waals surface area contributed by atoms with E-state index in [0.717, 1.165) is 0 Å². The highest BCUT2D eigenvalue weighted by atomic mass is 16.2. The van der Waals surface area contributed by atoms with Gasteiger partial charge >= 0.3 is 0 Å². The van der Waals surface area contributed by atoms with Crippen molar-refractivity contribution in [2.75, 3.05) is 0 Å². The smallest absolute Gasteiger partial charge is 0.240 e. The summed E-state index contributed by atoms with van der Waals surface area (Å²) in [6.45, 7) is 0. The molecule has 0 spiro atoms. The summed E-state index contributed by atoms with van der Waals surface area (Å²) in [5.41, 5.74) is 9.93. The lowest BCUT2D eigenvalue weighted by molar-refractivity contribution is -0.127. The molecule has 16 heavy (non-hydrogen) atoms. The number of terminal acetylenes is 1. The Bertz CT molecular complexity index is 320. The lowest BCUT2D eigenvalue weighted by Crippen LogP contribution is -2.44. The molecule has 5 N–H and O–H groups in total. The van der Waals surface area contributed by atoms with Crippen molar-refractivity contribution < 1.29 is 14.4 Å². The minimum absolute atomic E-state index is 0.0525. The van der Waals surface area contributed by atoms with Gasteiger partial charge in [-0.1, -0.05) is 0 Å². The largest absolute Gasteiger partial charge is 0.370 e. The Morgan fingerprint density at radius 2 is 1.88 bits per heavy atom. The first kappa shape index (κ1) is 14.0. The molecule has 1 atom stereocenters. The van der Waals surface area contributed by atoms with E-state index in [1.165, 1.54) is 0 Å². The van der Waals surface area contributed by atoms with Gasteiger partial charge in [0, 0.05) is 19.3 Å². The van der Waals surface area contributed by atoms with Gasteiger partial charge in [-0.05, 0) is 6.42 Å². The lowest BCUT2D eigenvalue weighted by atomic mass is 10.1. The molecular formula is C10H15N3O3. The molecule has 3 amide bonds. The van der Waals surface area contributed by atoms with Gasteiger partial charge in [-0.2, -0.15) is 0 Å². The molecule has 0 aromatic rings. The van der Waals surface area contributed by atoms with Gasteiger partial charge in [0.15, 0.2) is 0 Å². The maximum absolute atomic E-state index is 11.3. The second-order valence-corrected chi connectivity index (χ2v) is 3.25. The van der Waals surface area contributed by atoms with E-state index < -0.39 is 17.9 Å². The van der Waals surface area contributed by atoms with Crippen molar-refractivity contribution >= 4 is 17.7 Å². The van der Waals surface area contributed by atoms with Gasteiger partial charge < -0.3 is 16.8 Å². The third kappa shape index (κ3) is 6.43. The third-order valence-electron chi connectivity index (χ3n) is 1.83. The highest BCUT2D eigenvalue weighted by Crippen LogP contribution is 1.96. The predicted octanol–water partition coefficient (Wildman–Crippen LogP) is -1.36. The number of amides is 3. The van der Waals surface area contributed by atoms with E-state index >= 15 is 0 Å². The van der Waals surface area contributed by atoms with Crippen LogP contribution in [0, 0.1) is 12.3 Å². The second kappa shape index (κ2) is 7.29. The summed E-state index contributed by atoms with van der Waals surface area (Å²) in [6, 6.07) is -0.855. The van der Waals surface area contributed by atoms with E-state index in [0.29, 0.717) is 6.42 Å². The molecule has 0 aliphatic rings. The van der Waals surface area contributed by atoms with Crippen molar-refractivity contribution in [3.63, 3.8) is 0 Å². The van der Waals surface area contributed by atoms with Crippen molar-refractivity contribution in [2.45, 2.75) is 31.7 Å². The van der Waals surface area contributed by atoms with E-state index in [1.807, 2.05) is 0 Å². The molecule has 0 aromatic heterocycles. The molecule has 0 saturated carbocycles. The molecule has 0 aromatic carbocycles. The molecule has 0 radical (unpaired) electrons. The molecule has 0 rings (SSSR count). The maximum atomic E-state index is 11.3. The first-order chi connectivity index (χ1) is 7.47. The van der Waals surface area contributed by atoms with E-state index in [1.54, 1.807) is 0 Å². The van der Waals surface area contributed by atoms with Crippen LogP contribution in [0.1, 0.15) is 25.7 Å². The Labute approximate surface area is 93.7 Å². The fraction of sp³-hybridized carbons (Fsp3) is 0.500. The molecule has 0 aliphatic heterocycles. The Morgan fingerprint density at radius 1 is 1.25 bits per heavy atom. The number of carbonyl (C=O) groups is 3. The minimum Gasteiger partial charge on any atom is -0.370 e. The highest BCUT2D eigenvalue weighted by molar-refractivity contribution is 5.87. The maximum Gasteiger partial charge on any atom is 0.240 e. The zero-order chi connectivity index (χ0) is 12.6. The lowest BCUT2D eigenvalue weighted by Gasteiger charge is -2.12.